The second-order valence-corrected chi connectivity index (χ2v) is 14.5. The molecule has 6 aromatic carbocycles. The molecule has 1 aliphatic rings. The van der Waals surface area contributed by atoms with E-state index in [0.717, 1.165) is 50.4 Å². The molecular weight excluding hydrogens is 846 g/mol. The Morgan fingerprint density at radius 1 is 0.630 bits per heavy atom. The molecule has 0 N–H and O–H groups in total. The monoisotopic (exact) mass is 879 g/mol. The number of ether oxygens (including phenoxy) is 1. The van der Waals surface area contributed by atoms with Gasteiger partial charge in [-0.3, -0.25) is 4.98 Å². The average molecular weight is 880 g/mol. The molecule has 54 heavy (non-hydrogen) atoms. The molecule has 0 atom stereocenters. The van der Waals surface area contributed by atoms with Crippen molar-refractivity contribution >= 4 is 66.1 Å². The number of para-hydroxylation sites is 1. The van der Waals surface area contributed by atoms with E-state index in [9.17, 15) is 0 Å². The van der Waals surface area contributed by atoms with E-state index in [2.05, 4.69) is 162 Å². The van der Waals surface area contributed by atoms with Crippen molar-refractivity contribution in [2.75, 3.05) is 9.80 Å². The maximum atomic E-state index is 6.53. The number of anilines is 4. The van der Waals surface area contributed by atoms with Crippen LogP contribution < -0.4 is 14.5 Å². The van der Waals surface area contributed by atoms with Crippen LogP contribution in [0, 0.1) is 18.8 Å². The number of hydrogen-bond acceptors (Lipinski definition) is 5. The van der Waals surface area contributed by atoms with E-state index in [-0.39, 0.29) is 26.5 Å². The van der Waals surface area contributed by atoms with Gasteiger partial charge < -0.3 is 19.1 Å². The fraction of sp³-hybridized carbons (Fsp3) is 0.0851. The Balaban J connectivity index is 0.00000384. The van der Waals surface area contributed by atoms with Gasteiger partial charge in [0.05, 0.1) is 5.69 Å². The molecule has 0 amide bonds. The summed E-state index contributed by atoms with van der Waals surface area (Å²) in [5.41, 5.74) is 7.09. The zero-order valence-corrected chi connectivity index (χ0v) is 32.2. The molecule has 6 nitrogen and oxygen atoms in total. The number of pyridine rings is 2. The molecule has 1 aliphatic heterocycles. The molecule has 0 unspecified atom stereocenters. The van der Waals surface area contributed by atoms with Gasteiger partial charge in [0.15, 0.2) is 0 Å². The predicted molar refractivity (Wildman–Crippen MR) is 216 cm³/mol. The second kappa shape index (κ2) is 13.2. The van der Waals surface area contributed by atoms with Crippen molar-refractivity contribution < 1.29 is 25.8 Å². The normalized spacial score (nSPS) is 12.8. The van der Waals surface area contributed by atoms with Crippen molar-refractivity contribution in [2.24, 2.45) is 0 Å². The molecule has 0 saturated heterocycles. The number of hydrogen-bond donors (Lipinski definition) is 0. The minimum absolute atomic E-state index is 0. The molecule has 0 radical (unpaired) electrons. The molecule has 0 bridgehead atoms. The first kappa shape index (κ1) is 33.8. The van der Waals surface area contributed by atoms with Gasteiger partial charge in [0.2, 0.25) is 0 Å². The summed E-state index contributed by atoms with van der Waals surface area (Å²) in [6.07, 6.45) is 5.62. The first-order chi connectivity index (χ1) is 25.9. The maximum absolute atomic E-state index is 6.53. The third-order valence-electron chi connectivity index (χ3n) is 10.2. The molecule has 7 heteroatoms. The SMILES string of the molecule is CC(C)(C)c1ccnc(-n2c3[c-]c(Oc4[c-]c(N5[CH-]N(c6ccc7ccc8ccccc8c7c6)c6ccncc65)ccc4)ccc3c3ccccc32)c1.[Pt]. The van der Waals surface area contributed by atoms with E-state index in [1.165, 1.54) is 27.1 Å². The summed E-state index contributed by atoms with van der Waals surface area (Å²) in [6, 6.07) is 51.4. The standard InChI is InChI=1S/C47H34N5O.Pt/c1-47(2,3)33-21-24-49-46(25-33)52-42-14-7-6-13-39(42)40-20-19-37(28-44(40)52)53-36-11-8-10-34(26-36)51-30-50(43-22-23-48-29-45(43)51)35-18-17-32-16-15-31-9-4-5-12-38(31)41(32)27-35;/h4-25,27,29-30H,1-3H3;/q-3;. The zero-order valence-electron chi connectivity index (χ0n) is 29.9. The molecule has 10 rings (SSSR count). The fourth-order valence-corrected chi connectivity index (χ4v) is 7.48. The van der Waals surface area contributed by atoms with Gasteiger partial charge in [-0.2, -0.15) is 12.1 Å². The van der Waals surface area contributed by atoms with Gasteiger partial charge in [-0.1, -0.05) is 87.0 Å². The van der Waals surface area contributed by atoms with Crippen LogP contribution in [0.2, 0.25) is 0 Å². The van der Waals surface area contributed by atoms with Crippen LogP contribution in [0.15, 0.2) is 146 Å². The first-order valence-electron chi connectivity index (χ1n) is 17.8. The minimum atomic E-state index is -0.0139. The summed E-state index contributed by atoms with van der Waals surface area (Å²) < 4.78 is 8.71. The van der Waals surface area contributed by atoms with Crippen molar-refractivity contribution in [1.82, 2.24) is 14.5 Å². The Labute approximate surface area is 328 Å². The molecule has 4 heterocycles. The van der Waals surface area contributed by atoms with Gasteiger partial charge in [-0.25, -0.2) is 4.98 Å². The van der Waals surface area contributed by atoms with Crippen LogP contribution in [0.4, 0.5) is 22.7 Å². The molecule has 266 valence electrons. The van der Waals surface area contributed by atoms with Gasteiger partial charge in [0, 0.05) is 68.0 Å². The maximum Gasteiger partial charge on any atom is 0.135 e. The largest absolute Gasteiger partial charge is 0.509 e. The Morgan fingerprint density at radius 2 is 1.41 bits per heavy atom. The molecule has 0 saturated carbocycles. The van der Waals surface area contributed by atoms with Gasteiger partial charge in [0.25, 0.3) is 0 Å². The van der Waals surface area contributed by atoms with Gasteiger partial charge in [0.1, 0.15) is 5.82 Å². The summed E-state index contributed by atoms with van der Waals surface area (Å²) in [5.74, 6) is 2.04. The van der Waals surface area contributed by atoms with Crippen LogP contribution in [0.25, 0.3) is 49.2 Å². The predicted octanol–water partition coefficient (Wildman–Crippen LogP) is 12.0. The number of benzene rings is 6. The average Bonchev–Trinajstić information content (AvgIpc) is 3.74. The number of nitrogens with zero attached hydrogens (tertiary/aromatic N) is 5. The Hall–Kier alpha value is -5.97. The summed E-state index contributed by atoms with van der Waals surface area (Å²) in [7, 11) is 0. The molecule has 9 aromatic rings. The van der Waals surface area contributed by atoms with Crippen molar-refractivity contribution in [3.8, 4) is 17.3 Å². The molecule has 0 aliphatic carbocycles. The van der Waals surface area contributed by atoms with Crippen molar-refractivity contribution in [3.05, 3.63) is 170 Å². The summed E-state index contributed by atoms with van der Waals surface area (Å²) in [6.45, 7) is 8.76. The third kappa shape index (κ3) is 5.69. The molecular formula is C47H34N5OPt-3. The smallest absolute Gasteiger partial charge is 0.135 e. The number of aromatic nitrogens is 3. The van der Waals surface area contributed by atoms with Gasteiger partial charge in [-0.15, -0.1) is 48.1 Å². The minimum Gasteiger partial charge on any atom is -0.509 e. The Bertz CT molecular complexity index is 2870. The van der Waals surface area contributed by atoms with Crippen molar-refractivity contribution in [3.63, 3.8) is 0 Å². The summed E-state index contributed by atoms with van der Waals surface area (Å²) >= 11 is 0. The van der Waals surface area contributed by atoms with E-state index in [1.807, 2.05) is 42.9 Å². The van der Waals surface area contributed by atoms with Gasteiger partial charge >= 0.3 is 0 Å². The van der Waals surface area contributed by atoms with Crippen LogP contribution in [-0.4, -0.2) is 14.5 Å². The van der Waals surface area contributed by atoms with Crippen molar-refractivity contribution in [1.29, 1.82) is 0 Å². The second-order valence-electron chi connectivity index (χ2n) is 14.5. The molecule has 3 aromatic heterocycles. The summed E-state index contributed by atoms with van der Waals surface area (Å²) in [5, 5.41) is 7.12. The van der Waals surface area contributed by atoms with Crippen LogP contribution in [0.3, 0.4) is 0 Å². The quantitative estimate of drug-likeness (QED) is 0.127. The van der Waals surface area contributed by atoms with Crippen molar-refractivity contribution in [2.45, 2.75) is 26.2 Å². The fourth-order valence-electron chi connectivity index (χ4n) is 7.48. The van der Waals surface area contributed by atoms with E-state index in [4.69, 9.17) is 9.72 Å². The summed E-state index contributed by atoms with van der Waals surface area (Å²) in [4.78, 5) is 13.6. The van der Waals surface area contributed by atoms with Crippen LogP contribution in [0.1, 0.15) is 26.3 Å². The van der Waals surface area contributed by atoms with Crippen LogP contribution in [-0.2, 0) is 26.5 Å². The van der Waals surface area contributed by atoms with E-state index in [0.29, 0.717) is 11.5 Å². The van der Waals surface area contributed by atoms with Crippen LogP contribution >= 0.6 is 0 Å². The van der Waals surface area contributed by atoms with Gasteiger partial charge in [-0.05, 0) is 74.3 Å². The first-order valence-corrected chi connectivity index (χ1v) is 17.8. The number of rotatable bonds is 5. The van der Waals surface area contributed by atoms with Crippen LogP contribution in [0.5, 0.6) is 11.5 Å². The van der Waals surface area contributed by atoms with E-state index >= 15 is 0 Å². The third-order valence-corrected chi connectivity index (χ3v) is 10.2. The van der Waals surface area contributed by atoms with E-state index < -0.39 is 0 Å². The molecule has 0 spiro atoms. The topological polar surface area (TPSA) is 46.4 Å². The molecule has 0 fully saturated rings. The Morgan fingerprint density at radius 3 is 2.28 bits per heavy atom. The number of fused-ring (bicyclic) bond motifs is 7. The zero-order chi connectivity index (χ0) is 35.7. The van der Waals surface area contributed by atoms with E-state index in [1.54, 1.807) is 0 Å². The Kier molecular flexibility index (Phi) is 8.24.